The largest absolute Gasteiger partial charge is 0.310 e. The SMILES string of the molecule is C1=Cc2c(c(N(c3ccccc3)c3ccccc3)c3ccccc3c2-c2c3ccccc3c(N(c3ccccc3)c3ccccc3)c3ccccc23)CC1. The molecule has 0 atom stereocenters. The van der Waals surface area contributed by atoms with E-state index in [1.807, 2.05) is 0 Å². The molecule has 0 N–H and O–H groups in total. The Labute approximate surface area is 316 Å². The van der Waals surface area contributed by atoms with Crippen LogP contribution in [0.2, 0.25) is 0 Å². The van der Waals surface area contributed by atoms with Crippen LogP contribution >= 0.6 is 0 Å². The first-order chi connectivity index (χ1) is 26.9. The molecular formula is C52H38N2. The lowest BCUT2D eigenvalue weighted by molar-refractivity contribution is 0.984. The van der Waals surface area contributed by atoms with E-state index in [-0.39, 0.29) is 0 Å². The Balaban J connectivity index is 1.34. The molecule has 9 aromatic carbocycles. The quantitative estimate of drug-likeness (QED) is 0.154. The fourth-order valence-corrected chi connectivity index (χ4v) is 8.62. The van der Waals surface area contributed by atoms with Crippen LogP contribution in [0, 0.1) is 0 Å². The van der Waals surface area contributed by atoms with Crippen molar-refractivity contribution in [2.45, 2.75) is 12.8 Å². The molecule has 54 heavy (non-hydrogen) atoms. The van der Waals surface area contributed by atoms with Gasteiger partial charge < -0.3 is 9.80 Å². The molecule has 0 saturated heterocycles. The van der Waals surface area contributed by atoms with Gasteiger partial charge >= 0.3 is 0 Å². The molecule has 9 aromatic rings. The third-order valence-electron chi connectivity index (χ3n) is 10.8. The van der Waals surface area contributed by atoms with Crippen molar-refractivity contribution in [3.05, 3.63) is 211 Å². The number of benzene rings is 9. The zero-order valence-corrected chi connectivity index (χ0v) is 29.9. The van der Waals surface area contributed by atoms with Gasteiger partial charge in [-0.15, -0.1) is 0 Å². The lowest BCUT2D eigenvalue weighted by Crippen LogP contribution is -2.15. The van der Waals surface area contributed by atoms with Gasteiger partial charge in [0, 0.05) is 38.9 Å². The molecule has 0 spiro atoms. The second kappa shape index (κ2) is 13.6. The zero-order valence-electron chi connectivity index (χ0n) is 29.9. The van der Waals surface area contributed by atoms with Crippen LogP contribution in [0.4, 0.5) is 34.1 Å². The highest BCUT2D eigenvalue weighted by Gasteiger charge is 2.29. The molecule has 256 valence electrons. The van der Waals surface area contributed by atoms with Gasteiger partial charge in [0.2, 0.25) is 0 Å². The maximum absolute atomic E-state index is 2.47. The second-order valence-corrected chi connectivity index (χ2v) is 13.9. The van der Waals surface area contributed by atoms with Crippen LogP contribution in [0.5, 0.6) is 0 Å². The summed E-state index contributed by atoms with van der Waals surface area (Å²) in [7, 11) is 0. The third-order valence-corrected chi connectivity index (χ3v) is 10.8. The molecule has 0 bridgehead atoms. The van der Waals surface area contributed by atoms with Crippen molar-refractivity contribution >= 4 is 72.5 Å². The molecule has 2 heteroatoms. The van der Waals surface area contributed by atoms with Crippen molar-refractivity contribution in [3.8, 4) is 11.1 Å². The Kier molecular flexibility index (Phi) is 8.00. The number of hydrogen-bond donors (Lipinski definition) is 0. The molecule has 0 aromatic heterocycles. The Morgan fingerprint density at radius 3 is 1.07 bits per heavy atom. The zero-order chi connectivity index (χ0) is 35.8. The molecule has 0 unspecified atom stereocenters. The van der Waals surface area contributed by atoms with E-state index < -0.39 is 0 Å². The Morgan fingerprint density at radius 2 is 0.648 bits per heavy atom. The van der Waals surface area contributed by atoms with E-state index in [0.717, 1.165) is 35.6 Å². The third kappa shape index (κ3) is 5.26. The van der Waals surface area contributed by atoms with E-state index >= 15 is 0 Å². The van der Waals surface area contributed by atoms with Crippen molar-refractivity contribution in [1.29, 1.82) is 0 Å². The van der Waals surface area contributed by atoms with Crippen LogP contribution in [-0.4, -0.2) is 0 Å². The molecule has 2 nitrogen and oxygen atoms in total. The minimum absolute atomic E-state index is 0.957. The fourth-order valence-electron chi connectivity index (χ4n) is 8.62. The summed E-state index contributed by atoms with van der Waals surface area (Å²) in [5.74, 6) is 0. The van der Waals surface area contributed by atoms with Crippen LogP contribution < -0.4 is 9.80 Å². The van der Waals surface area contributed by atoms with Crippen molar-refractivity contribution in [2.75, 3.05) is 9.80 Å². The molecular weight excluding hydrogens is 653 g/mol. The Morgan fingerprint density at radius 1 is 0.315 bits per heavy atom. The van der Waals surface area contributed by atoms with Gasteiger partial charge in [0.05, 0.1) is 11.4 Å². The monoisotopic (exact) mass is 690 g/mol. The summed E-state index contributed by atoms with van der Waals surface area (Å²) in [5.41, 5.74) is 12.3. The van der Waals surface area contributed by atoms with E-state index in [2.05, 4.69) is 216 Å². The summed E-state index contributed by atoms with van der Waals surface area (Å²) in [4.78, 5) is 4.91. The minimum atomic E-state index is 0.957. The molecule has 0 saturated carbocycles. The minimum Gasteiger partial charge on any atom is -0.310 e. The summed E-state index contributed by atoms with van der Waals surface area (Å²) < 4.78 is 0. The molecule has 1 aliphatic carbocycles. The van der Waals surface area contributed by atoms with Crippen LogP contribution in [0.15, 0.2) is 200 Å². The van der Waals surface area contributed by atoms with Crippen LogP contribution in [-0.2, 0) is 6.42 Å². The average molecular weight is 691 g/mol. The maximum Gasteiger partial charge on any atom is 0.0618 e. The molecule has 1 aliphatic rings. The first-order valence-corrected chi connectivity index (χ1v) is 18.9. The Bertz CT molecular complexity index is 2670. The smallest absolute Gasteiger partial charge is 0.0618 e. The number of nitrogens with zero attached hydrogens (tertiary/aromatic N) is 2. The number of fused-ring (bicyclic) bond motifs is 4. The van der Waals surface area contributed by atoms with Gasteiger partial charge in [-0.2, -0.15) is 0 Å². The van der Waals surface area contributed by atoms with E-state index in [1.165, 1.54) is 65.9 Å². The molecule has 0 aliphatic heterocycles. The van der Waals surface area contributed by atoms with Gasteiger partial charge in [0.15, 0.2) is 0 Å². The lowest BCUT2D eigenvalue weighted by Gasteiger charge is -2.33. The molecule has 0 radical (unpaired) electrons. The van der Waals surface area contributed by atoms with Gasteiger partial charge in [0.25, 0.3) is 0 Å². The molecule has 10 rings (SSSR count). The highest BCUT2D eigenvalue weighted by atomic mass is 15.2. The van der Waals surface area contributed by atoms with Crippen molar-refractivity contribution in [2.24, 2.45) is 0 Å². The lowest BCUT2D eigenvalue weighted by atomic mass is 9.80. The van der Waals surface area contributed by atoms with Gasteiger partial charge in [-0.3, -0.25) is 0 Å². The van der Waals surface area contributed by atoms with Gasteiger partial charge in [-0.1, -0.05) is 158 Å². The van der Waals surface area contributed by atoms with Crippen molar-refractivity contribution in [3.63, 3.8) is 0 Å². The van der Waals surface area contributed by atoms with Crippen LogP contribution in [0.3, 0.4) is 0 Å². The summed E-state index contributed by atoms with van der Waals surface area (Å²) in [6.07, 6.45) is 6.72. The van der Waals surface area contributed by atoms with E-state index in [9.17, 15) is 0 Å². The molecule has 0 fully saturated rings. The second-order valence-electron chi connectivity index (χ2n) is 13.9. The number of allylic oxidation sites excluding steroid dienone is 1. The van der Waals surface area contributed by atoms with Crippen molar-refractivity contribution < 1.29 is 0 Å². The number of para-hydroxylation sites is 4. The predicted molar refractivity (Wildman–Crippen MR) is 231 cm³/mol. The summed E-state index contributed by atoms with van der Waals surface area (Å²) in [6.45, 7) is 0. The summed E-state index contributed by atoms with van der Waals surface area (Å²) in [5, 5.41) is 7.42. The van der Waals surface area contributed by atoms with E-state index in [4.69, 9.17) is 0 Å². The maximum atomic E-state index is 2.47. The van der Waals surface area contributed by atoms with Gasteiger partial charge in [-0.25, -0.2) is 0 Å². The topological polar surface area (TPSA) is 6.48 Å². The summed E-state index contributed by atoms with van der Waals surface area (Å²) >= 11 is 0. The first kappa shape index (κ1) is 31.8. The molecule has 0 heterocycles. The van der Waals surface area contributed by atoms with Crippen molar-refractivity contribution in [1.82, 2.24) is 0 Å². The van der Waals surface area contributed by atoms with Gasteiger partial charge in [-0.05, 0) is 99.8 Å². The molecule has 0 amide bonds. The predicted octanol–water partition coefficient (Wildman–Crippen LogP) is 14.7. The normalized spacial score (nSPS) is 12.2. The highest BCUT2D eigenvalue weighted by molar-refractivity contribution is 6.26. The van der Waals surface area contributed by atoms with Crippen LogP contribution in [0.25, 0.3) is 49.5 Å². The van der Waals surface area contributed by atoms with E-state index in [1.54, 1.807) is 0 Å². The standard InChI is InChI=1S/C52H38N2/c1-5-21-37(22-6-1)53(38-23-7-2-8-24-38)51-45-33-17-13-29-41(45)49(42-30-14-18-34-46(42)51)50-43-31-15-19-35-47(43)52(48-36-20-16-32-44(48)50)54(39-25-9-3-10-26-39)40-27-11-4-12-28-40/h1-19,21-35H,20,36H2. The summed E-state index contributed by atoms with van der Waals surface area (Å²) in [6, 6.07) is 70.3. The van der Waals surface area contributed by atoms with E-state index in [0.29, 0.717) is 0 Å². The average Bonchev–Trinajstić information content (AvgIpc) is 3.25. The number of rotatable bonds is 7. The number of anilines is 6. The first-order valence-electron chi connectivity index (χ1n) is 18.9. The fraction of sp³-hybridized carbons (Fsp3) is 0.0385. The van der Waals surface area contributed by atoms with Gasteiger partial charge in [0.1, 0.15) is 0 Å². The van der Waals surface area contributed by atoms with Crippen LogP contribution in [0.1, 0.15) is 17.5 Å². The highest BCUT2D eigenvalue weighted by Crippen LogP contribution is 2.53. The number of hydrogen-bond acceptors (Lipinski definition) is 2. The Hall–Kier alpha value is -6.90.